The second-order valence-electron chi connectivity index (χ2n) is 11.6. The van der Waals surface area contributed by atoms with E-state index in [1.165, 1.54) is 6.07 Å². The number of phenolic OH excluding ortho intramolecular Hbond substituents is 1. The molecule has 0 aromatic heterocycles. The fraction of sp³-hybridized carbons (Fsp3) is 0.441. The average Bonchev–Trinajstić information content (AvgIpc) is 3.02. The van der Waals surface area contributed by atoms with Gasteiger partial charge >= 0.3 is 0 Å². The number of amides is 1. The second-order valence-corrected chi connectivity index (χ2v) is 12.0. The summed E-state index contributed by atoms with van der Waals surface area (Å²) in [4.78, 5) is 19.8. The lowest BCUT2D eigenvalue weighted by Gasteiger charge is -2.39. The van der Waals surface area contributed by atoms with Crippen molar-refractivity contribution in [3.05, 3.63) is 82.6 Å². The molecule has 2 saturated heterocycles. The smallest absolute Gasteiger partial charge is 0.239 e. The van der Waals surface area contributed by atoms with Crippen LogP contribution in [-0.2, 0) is 17.8 Å². The molecule has 2 heterocycles. The van der Waals surface area contributed by atoms with Gasteiger partial charge in [-0.25, -0.2) is 4.39 Å². The Morgan fingerprint density at radius 3 is 2.45 bits per heavy atom. The first-order valence-electron chi connectivity index (χ1n) is 15.3. The van der Waals surface area contributed by atoms with Crippen LogP contribution in [0.4, 0.5) is 4.39 Å². The Bertz CT molecular complexity index is 1400. The molecule has 0 saturated carbocycles. The van der Waals surface area contributed by atoms with E-state index in [1.54, 1.807) is 24.3 Å². The van der Waals surface area contributed by atoms with Crippen LogP contribution in [0, 0.1) is 11.7 Å². The summed E-state index contributed by atoms with van der Waals surface area (Å²) in [6.45, 7) is 8.03. The van der Waals surface area contributed by atoms with Gasteiger partial charge < -0.3 is 25.4 Å². The van der Waals surface area contributed by atoms with Crippen LogP contribution in [0.1, 0.15) is 30.9 Å². The molecule has 44 heavy (non-hydrogen) atoms. The Morgan fingerprint density at radius 1 is 1.02 bits per heavy atom. The van der Waals surface area contributed by atoms with Gasteiger partial charge in [0.25, 0.3) is 0 Å². The van der Waals surface area contributed by atoms with Crippen molar-refractivity contribution in [2.75, 3.05) is 52.4 Å². The summed E-state index contributed by atoms with van der Waals surface area (Å²) in [5, 5.41) is 10.7. The summed E-state index contributed by atoms with van der Waals surface area (Å²) in [5.41, 5.74) is 10.3. The lowest BCUT2D eigenvalue weighted by atomic mass is 9.88. The van der Waals surface area contributed by atoms with Crippen molar-refractivity contribution < 1.29 is 19.0 Å². The molecule has 3 N–H and O–H groups in total. The van der Waals surface area contributed by atoms with E-state index in [9.17, 15) is 14.3 Å². The highest BCUT2D eigenvalue weighted by Gasteiger charge is 2.33. The molecule has 3 aromatic rings. The van der Waals surface area contributed by atoms with Gasteiger partial charge in [-0.3, -0.25) is 9.69 Å². The van der Waals surface area contributed by atoms with E-state index < -0.39 is 6.04 Å². The minimum absolute atomic E-state index is 0. The maximum absolute atomic E-state index is 14.5. The molecule has 0 unspecified atom stereocenters. The minimum atomic E-state index is -0.505. The van der Waals surface area contributed by atoms with Gasteiger partial charge in [0.2, 0.25) is 5.91 Å². The van der Waals surface area contributed by atoms with Crippen LogP contribution in [0.15, 0.2) is 60.7 Å². The van der Waals surface area contributed by atoms with Crippen LogP contribution in [0.3, 0.4) is 0 Å². The molecule has 238 valence electrons. The summed E-state index contributed by atoms with van der Waals surface area (Å²) >= 11 is 6.34. The average molecular weight is 690 g/mol. The van der Waals surface area contributed by atoms with Crippen LogP contribution in [0.5, 0.6) is 11.5 Å². The number of nitrogens with zero attached hydrogens (tertiary/aromatic N) is 3. The van der Waals surface area contributed by atoms with Gasteiger partial charge in [0, 0.05) is 49.9 Å². The number of carbonyl (C=O) groups is 1. The zero-order valence-corrected chi connectivity index (χ0v) is 27.7. The highest BCUT2D eigenvalue weighted by Crippen LogP contribution is 2.30. The van der Waals surface area contributed by atoms with Crippen molar-refractivity contribution >= 4 is 34.5 Å². The zero-order chi connectivity index (χ0) is 30.3. The van der Waals surface area contributed by atoms with Gasteiger partial charge in [0.05, 0.1) is 12.6 Å². The highest BCUT2D eigenvalue weighted by atomic mass is 79.9. The molecule has 0 aliphatic carbocycles. The minimum Gasteiger partial charge on any atom is -0.508 e. The Hall–Kier alpha value is -2.69. The number of aromatic hydroxyl groups is 1. The first kappa shape index (κ1) is 34.2. The summed E-state index contributed by atoms with van der Waals surface area (Å²) in [6, 6.07) is 17.6. The molecule has 10 heteroatoms. The van der Waals surface area contributed by atoms with Gasteiger partial charge in [0.15, 0.2) is 0 Å². The van der Waals surface area contributed by atoms with Crippen molar-refractivity contribution in [2.45, 2.75) is 38.8 Å². The lowest BCUT2D eigenvalue weighted by Crippen LogP contribution is -2.55. The highest BCUT2D eigenvalue weighted by molar-refractivity contribution is 8.93. The predicted molar refractivity (Wildman–Crippen MR) is 179 cm³/mol. The summed E-state index contributed by atoms with van der Waals surface area (Å²) in [5.74, 6) is 0.740. The van der Waals surface area contributed by atoms with Crippen LogP contribution in [0.25, 0.3) is 11.1 Å². The maximum Gasteiger partial charge on any atom is 0.239 e. The van der Waals surface area contributed by atoms with E-state index in [-0.39, 0.29) is 40.4 Å². The zero-order valence-electron chi connectivity index (χ0n) is 25.3. The Kier molecular flexibility index (Phi) is 12.5. The van der Waals surface area contributed by atoms with E-state index in [2.05, 4.69) is 9.80 Å². The van der Waals surface area contributed by atoms with E-state index in [0.717, 1.165) is 55.6 Å². The number of rotatable bonds is 10. The first-order chi connectivity index (χ1) is 20.8. The number of likely N-dealkylation sites (tertiary alicyclic amines) is 1. The lowest BCUT2D eigenvalue weighted by molar-refractivity contribution is -0.136. The molecule has 0 bridgehead atoms. The number of piperidine rings is 1. The molecule has 1 atom stereocenters. The summed E-state index contributed by atoms with van der Waals surface area (Å²) < 4.78 is 20.1. The van der Waals surface area contributed by atoms with Crippen LogP contribution >= 0.6 is 28.6 Å². The Labute approximate surface area is 275 Å². The summed E-state index contributed by atoms with van der Waals surface area (Å²) in [7, 11) is 0. The normalized spacial score (nSPS) is 17.2. The SMILES string of the molecule is Br.CCOc1cccc(F)c1CN1CCN(C(=O)[C@H](N)C2CCN(CCc3cc(Cl)ccc3-c3cccc(O)c3)CC2)CC1. The van der Waals surface area contributed by atoms with Gasteiger partial charge in [-0.15, -0.1) is 17.0 Å². The van der Waals surface area contributed by atoms with Crippen molar-refractivity contribution in [1.82, 2.24) is 14.7 Å². The molecule has 0 radical (unpaired) electrons. The third-order valence-electron chi connectivity index (χ3n) is 8.79. The molecular formula is C34H43BrClFN4O3. The maximum atomic E-state index is 14.5. The summed E-state index contributed by atoms with van der Waals surface area (Å²) in [6.07, 6.45) is 2.61. The second kappa shape index (κ2) is 16.0. The molecule has 2 fully saturated rings. The van der Waals surface area contributed by atoms with E-state index in [4.69, 9.17) is 22.1 Å². The molecular weight excluding hydrogens is 647 g/mol. The van der Waals surface area contributed by atoms with Gasteiger partial charge in [-0.1, -0.05) is 35.9 Å². The third-order valence-corrected chi connectivity index (χ3v) is 9.02. The van der Waals surface area contributed by atoms with Crippen molar-refractivity contribution in [2.24, 2.45) is 11.7 Å². The van der Waals surface area contributed by atoms with E-state index >= 15 is 0 Å². The number of carbonyl (C=O) groups excluding carboxylic acids is 1. The predicted octanol–water partition coefficient (Wildman–Crippen LogP) is 5.75. The Balaban J connectivity index is 0.00000442. The number of hydrogen-bond donors (Lipinski definition) is 2. The van der Waals surface area contributed by atoms with Crippen LogP contribution < -0.4 is 10.5 Å². The van der Waals surface area contributed by atoms with Crippen molar-refractivity contribution in [1.29, 1.82) is 0 Å². The number of halogens is 3. The third kappa shape index (κ3) is 8.52. The van der Waals surface area contributed by atoms with Gasteiger partial charge in [0.1, 0.15) is 17.3 Å². The number of phenols is 1. The van der Waals surface area contributed by atoms with E-state index in [1.807, 2.05) is 42.2 Å². The molecule has 0 spiro atoms. The van der Waals surface area contributed by atoms with Crippen LogP contribution in [-0.4, -0.2) is 84.2 Å². The molecule has 2 aliphatic rings. The number of hydrogen-bond acceptors (Lipinski definition) is 6. The topological polar surface area (TPSA) is 82.3 Å². The molecule has 5 rings (SSSR count). The standard InChI is InChI=1S/C34H42ClFN4O3.BrH/c1-2-43-32-8-4-7-31(36)30(32)23-39-17-19-40(20-18-39)34(42)33(37)24-11-14-38(15-12-24)16-13-26-21-27(35)9-10-29(26)25-5-3-6-28(41)22-25;/h3-10,21-22,24,33,41H,2,11-20,23,37H2,1H3;1H/t33-;/m1./s1. The quantitative estimate of drug-likeness (QED) is 0.282. The molecule has 1 amide bonds. The van der Waals surface area contributed by atoms with E-state index in [0.29, 0.717) is 55.7 Å². The van der Waals surface area contributed by atoms with Crippen LogP contribution in [0.2, 0.25) is 5.02 Å². The van der Waals surface area contributed by atoms with Crippen molar-refractivity contribution in [3.63, 3.8) is 0 Å². The van der Waals surface area contributed by atoms with Gasteiger partial charge in [-0.2, -0.15) is 0 Å². The fourth-order valence-corrected chi connectivity index (χ4v) is 6.48. The number of ether oxygens (including phenoxy) is 1. The fourth-order valence-electron chi connectivity index (χ4n) is 6.28. The monoisotopic (exact) mass is 688 g/mol. The number of nitrogens with two attached hydrogens (primary N) is 1. The Morgan fingerprint density at radius 2 is 1.75 bits per heavy atom. The number of benzene rings is 3. The number of piperazine rings is 1. The largest absolute Gasteiger partial charge is 0.508 e. The molecule has 2 aliphatic heterocycles. The van der Waals surface area contributed by atoms with Crippen molar-refractivity contribution in [3.8, 4) is 22.6 Å². The molecule has 3 aromatic carbocycles. The van der Waals surface area contributed by atoms with Gasteiger partial charge in [-0.05, 0) is 98.3 Å². The molecule has 7 nitrogen and oxygen atoms in total. The first-order valence-corrected chi connectivity index (χ1v) is 15.7.